The summed E-state index contributed by atoms with van der Waals surface area (Å²) in [7, 11) is 3.75. The van der Waals surface area contributed by atoms with Crippen molar-refractivity contribution < 1.29 is 4.74 Å². The van der Waals surface area contributed by atoms with E-state index >= 15 is 0 Å². The van der Waals surface area contributed by atoms with Gasteiger partial charge in [0.05, 0.1) is 7.11 Å². The van der Waals surface area contributed by atoms with Gasteiger partial charge in [0.1, 0.15) is 5.75 Å². The number of benzene rings is 1. The first-order valence-corrected chi connectivity index (χ1v) is 6.69. The summed E-state index contributed by atoms with van der Waals surface area (Å²) in [6, 6.07) is 6.87. The third kappa shape index (κ3) is 4.34. The van der Waals surface area contributed by atoms with E-state index < -0.39 is 0 Å². The highest BCUT2D eigenvalue weighted by Gasteiger charge is 2.16. The first-order valence-electron chi connectivity index (χ1n) is 6.69. The molecule has 0 saturated heterocycles. The molecule has 1 aromatic carbocycles. The van der Waals surface area contributed by atoms with E-state index in [4.69, 9.17) is 4.74 Å². The van der Waals surface area contributed by atoms with Crippen LogP contribution in [0.4, 0.5) is 0 Å². The molecule has 1 N–H and O–H groups in total. The standard InChI is InChI=1S/C16H27NO/c1-12-11-13(7-8-15(12)18-6)14(17-5)9-10-16(2,3)4/h7-8,11,14,17H,9-10H2,1-6H3. The van der Waals surface area contributed by atoms with Crippen LogP contribution in [0.2, 0.25) is 0 Å². The molecule has 0 aliphatic heterocycles. The Kier molecular flexibility index (Phi) is 5.21. The zero-order valence-corrected chi connectivity index (χ0v) is 12.6. The molecule has 102 valence electrons. The van der Waals surface area contributed by atoms with Gasteiger partial charge in [-0.15, -0.1) is 0 Å². The first kappa shape index (κ1) is 15.0. The predicted molar refractivity (Wildman–Crippen MR) is 78.2 cm³/mol. The highest BCUT2D eigenvalue weighted by Crippen LogP contribution is 2.29. The highest BCUT2D eigenvalue weighted by molar-refractivity contribution is 5.37. The third-order valence-corrected chi connectivity index (χ3v) is 3.35. The molecule has 0 saturated carbocycles. The SMILES string of the molecule is CNC(CCC(C)(C)C)c1ccc(OC)c(C)c1. The average molecular weight is 249 g/mol. The Hall–Kier alpha value is -1.02. The molecule has 1 unspecified atom stereocenters. The molecule has 18 heavy (non-hydrogen) atoms. The molecule has 0 aliphatic rings. The number of aryl methyl sites for hydroxylation is 1. The number of rotatable bonds is 5. The zero-order chi connectivity index (χ0) is 13.8. The number of hydrogen-bond acceptors (Lipinski definition) is 2. The quantitative estimate of drug-likeness (QED) is 0.848. The van der Waals surface area contributed by atoms with Crippen LogP contribution in [0.1, 0.15) is 50.8 Å². The fourth-order valence-electron chi connectivity index (χ4n) is 2.17. The van der Waals surface area contributed by atoms with Crippen molar-refractivity contribution in [3.8, 4) is 5.75 Å². The van der Waals surface area contributed by atoms with Gasteiger partial charge in [0, 0.05) is 6.04 Å². The molecule has 1 rings (SSSR count). The fourth-order valence-corrected chi connectivity index (χ4v) is 2.17. The summed E-state index contributed by atoms with van der Waals surface area (Å²) in [5.41, 5.74) is 2.93. The van der Waals surface area contributed by atoms with Gasteiger partial charge in [-0.25, -0.2) is 0 Å². The van der Waals surface area contributed by atoms with Crippen molar-refractivity contribution in [2.24, 2.45) is 5.41 Å². The molecular weight excluding hydrogens is 222 g/mol. The van der Waals surface area contributed by atoms with E-state index in [1.165, 1.54) is 17.5 Å². The second-order valence-corrected chi connectivity index (χ2v) is 6.17. The van der Waals surface area contributed by atoms with Crippen molar-refractivity contribution in [1.82, 2.24) is 5.32 Å². The van der Waals surface area contributed by atoms with Gasteiger partial charge in [-0.2, -0.15) is 0 Å². The van der Waals surface area contributed by atoms with Gasteiger partial charge in [0.25, 0.3) is 0 Å². The van der Waals surface area contributed by atoms with Crippen LogP contribution in [0.15, 0.2) is 18.2 Å². The third-order valence-electron chi connectivity index (χ3n) is 3.35. The normalized spacial score (nSPS) is 13.4. The van der Waals surface area contributed by atoms with Crippen LogP contribution in [0.5, 0.6) is 5.75 Å². The lowest BCUT2D eigenvalue weighted by Crippen LogP contribution is -2.19. The van der Waals surface area contributed by atoms with Gasteiger partial charge in [0.15, 0.2) is 0 Å². The molecule has 0 heterocycles. The van der Waals surface area contributed by atoms with E-state index in [9.17, 15) is 0 Å². The minimum Gasteiger partial charge on any atom is -0.496 e. The Bertz CT molecular complexity index is 379. The lowest BCUT2D eigenvalue weighted by Gasteiger charge is -2.23. The van der Waals surface area contributed by atoms with Crippen LogP contribution in [-0.2, 0) is 0 Å². The van der Waals surface area contributed by atoms with Crippen molar-refractivity contribution in [3.63, 3.8) is 0 Å². The van der Waals surface area contributed by atoms with Gasteiger partial charge < -0.3 is 10.1 Å². The molecule has 1 atom stereocenters. The lowest BCUT2D eigenvalue weighted by molar-refractivity contribution is 0.337. The Morgan fingerprint density at radius 2 is 1.94 bits per heavy atom. The first-order chi connectivity index (χ1) is 8.37. The Morgan fingerprint density at radius 3 is 2.39 bits per heavy atom. The van der Waals surface area contributed by atoms with Gasteiger partial charge in [0.2, 0.25) is 0 Å². The maximum atomic E-state index is 5.31. The molecule has 0 bridgehead atoms. The summed E-state index contributed by atoms with van der Waals surface area (Å²) in [6.07, 6.45) is 2.37. The van der Waals surface area contributed by atoms with Crippen LogP contribution in [-0.4, -0.2) is 14.2 Å². The Morgan fingerprint density at radius 1 is 1.28 bits per heavy atom. The van der Waals surface area contributed by atoms with Crippen molar-refractivity contribution in [1.29, 1.82) is 0 Å². The minimum absolute atomic E-state index is 0.386. The summed E-state index contributed by atoms with van der Waals surface area (Å²) in [5, 5.41) is 3.41. The molecule has 0 aliphatic carbocycles. The van der Waals surface area contributed by atoms with E-state index in [0.29, 0.717) is 11.5 Å². The van der Waals surface area contributed by atoms with Crippen molar-refractivity contribution in [2.45, 2.75) is 46.6 Å². The largest absolute Gasteiger partial charge is 0.496 e. The Balaban J connectivity index is 2.79. The molecule has 2 nitrogen and oxygen atoms in total. The zero-order valence-electron chi connectivity index (χ0n) is 12.6. The number of hydrogen-bond donors (Lipinski definition) is 1. The van der Waals surface area contributed by atoms with E-state index in [0.717, 1.165) is 12.2 Å². The molecule has 2 heteroatoms. The highest BCUT2D eigenvalue weighted by atomic mass is 16.5. The van der Waals surface area contributed by atoms with Gasteiger partial charge in [-0.3, -0.25) is 0 Å². The summed E-state index contributed by atoms with van der Waals surface area (Å²) < 4.78 is 5.31. The van der Waals surface area contributed by atoms with Crippen molar-refractivity contribution in [2.75, 3.05) is 14.2 Å². The smallest absolute Gasteiger partial charge is 0.121 e. The van der Waals surface area contributed by atoms with Crippen molar-refractivity contribution in [3.05, 3.63) is 29.3 Å². The van der Waals surface area contributed by atoms with Crippen LogP contribution in [0.3, 0.4) is 0 Å². The molecule has 0 aromatic heterocycles. The molecule has 0 radical (unpaired) electrons. The Labute approximate surface area is 112 Å². The van der Waals surface area contributed by atoms with E-state index in [2.05, 4.69) is 51.2 Å². The monoisotopic (exact) mass is 249 g/mol. The number of methoxy groups -OCH3 is 1. The predicted octanol–water partition coefficient (Wildman–Crippen LogP) is 4.09. The minimum atomic E-state index is 0.386. The molecule has 0 fully saturated rings. The molecular formula is C16H27NO. The van der Waals surface area contributed by atoms with Gasteiger partial charge >= 0.3 is 0 Å². The summed E-state index contributed by atoms with van der Waals surface area (Å²) in [5.74, 6) is 0.962. The molecule has 0 spiro atoms. The lowest BCUT2D eigenvalue weighted by atomic mass is 9.87. The molecule has 0 amide bonds. The van der Waals surface area contributed by atoms with Crippen LogP contribution < -0.4 is 10.1 Å². The topological polar surface area (TPSA) is 21.3 Å². The van der Waals surface area contributed by atoms with E-state index in [-0.39, 0.29) is 0 Å². The second-order valence-electron chi connectivity index (χ2n) is 6.17. The average Bonchev–Trinajstić information content (AvgIpc) is 2.28. The number of nitrogens with one attached hydrogen (secondary N) is 1. The maximum Gasteiger partial charge on any atom is 0.121 e. The van der Waals surface area contributed by atoms with Crippen LogP contribution >= 0.6 is 0 Å². The van der Waals surface area contributed by atoms with Gasteiger partial charge in [-0.05, 0) is 49.4 Å². The maximum absolute atomic E-state index is 5.31. The van der Waals surface area contributed by atoms with E-state index in [1.807, 2.05) is 7.05 Å². The summed E-state index contributed by atoms with van der Waals surface area (Å²) in [4.78, 5) is 0. The second kappa shape index (κ2) is 6.24. The van der Waals surface area contributed by atoms with E-state index in [1.54, 1.807) is 7.11 Å². The van der Waals surface area contributed by atoms with Crippen LogP contribution in [0.25, 0.3) is 0 Å². The molecule has 1 aromatic rings. The summed E-state index contributed by atoms with van der Waals surface area (Å²) >= 11 is 0. The fraction of sp³-hybridized carbons (Fsp3) is 0.625. The van der Waals surface area contributed by atoms with Gasteiger partial charge in [-0.1, -0.05) is 32.9 Å². The van der Waals surface area contributed by atoms with Crippen LogP contribution in [0, 0.1) is 12.3 Å². The number of ether oxygens (including phenoxy) is 1. The van der Waals surface area contributed by atoms with Crippen molar-refractivity contribution >= 4 is 0 Å². The summed E-state index contributed by atoms with van der Waals surface area (Å²) in [6.45, 7) is 8.97.